The van der Waals surface area contributed by atoms with Crippen molar-refractivity contribution in [3.63, 3.8) is 0 Å². The van der Waals surface area contributed by atoms with Crippen molar-refractivity contribution in [3.05, 3.63) is 86.2 Å². The predicted octanol–water partition coefficient (Wildman–Crippen LogP) is 6.14. The summed E-state index contributed by atoms with van der Waals surface area (Å²) in [7, 11) is 0. The molecule has 0 unspecified atom stereocenters. The molecule has 1 fully saturated rings. The Morgan fingerprint density at radius 3 is 2.44 bits per heavy atom. The summed E-state index contributed by atoms with van der Waals surface area (Å²) in [6, 6.07) is 15.4. The van der Waals surface area contributed by atoms with Crippen LogP contribution in [0.25, 0.3) is 0 Å². The van der Waals surface area contributed by atoms with Crippen molar-refractivity contribution in [2.24, 2.45) is 0 Å². The maximum absolute atomic E-state index is 13.2. The third-order valence-corrected chi connectivity index (χ3v) is 7.81. The molecule has 174 valence electrons. The number of piperidine rings is 1. The van der Waals surface area contributed by atoms with E-state index in [9.17, 15) is 9.59 Å². The van der Waals surface area contributed by atoms with Gasteiger partial charge in [-0.3, -0.25) is 9.59 Å². The molecule has 1 saturated heterocycles. The molecule has 2 aromatic carbocycles. The number of thioether (sulfide) groups is 1. The second-order valence-electron chi connectivity index (χ2n) is 9.01. The number of nitrogens with one attached hydrogen (secondary N) is 1. The van der Waals surface area contributed by atoms with Gasteiger partial charge >= 0.3 is 0 Å². The summed E-state index contributed by atoms with van der Waals surface area (Å²) >= 11 is 1.50. The summed E-state index contributed by atoms with van der Waals surface area (Å²) in [6.45, 7) is 7.31. The zero-order chi connectivity index (χ0) is 24.2. The third kappa shape index (κ3) is 5.26. The minimum absolute atomic E-state index is 0.00464. The van der Waals surface area contributed by atoms with Crippen molar-refractivity contribution < 1.29 is 9.59 Å². The zero-order valence-corrected chi connectivity index (χ0v) is 20.7. The van der Waals surface area contributed by atoms with E-state index in [2.05, 4.69) is 17.5 Å². The van der Waals surface area contributed by atoms with Crippen LogP contribution >= 0.6 is 11.8 Å². The Kier molecular flexibility index (Phi) is 7.23. The fourth-order valence-electron chi connectivity index (χ4n) is 4.42. The summed E-state index contributed by atoms with van der Waals surface area (Å²) < 4.78 is 0. The Labute approximate surface area is 205 Å². The van der Waals surface area contributed by atoms with E-state index in [1.807, 2.05) is 62.1 Å². The molecule has 0 aromatic heterocycles. The first-order valence-electron chi connectivity index (χ1n) is 11.6. The fourth-order valence-corrected chi connectivity index (χ4v) is 5.31. The van der Waals surface area contributed by atoms with Gasteiger partial charge in [0.1, 0.15) is 0 Å². The molecule has 34 heavy (non-hydrogen) atoms. The number of likely N-dealkylation sites (tertiary alicyclic amines) is 1. The highest BCUT2D eigenvalue weighted by atomic mass is 32.2. The van der Waals surface area contributed by atoms with Crippen LogP contribution in [-0.2, 0) is 4.79 Å². The molecule has 2 aliphatic heterocycles. The molecule has 0 saturated carbocycles. The normalized spacial score (nSPS) is 16.6. The Morgan fingerprint density at radius 1 is 1.06 bits per heavy atom. The number of rotatable bonds is 4. The first-order valence-corrected chi connectivity index (χ1v) is 12.4. The number of carbonyl (C=O) groups excluding carboxylic acids is 2. The van der Waals surface area contributed by atoms with Crippen LogP contribution in [0.1, 0.15) is 66.1 Å². The van der Waals surface area contributed by atoms with Crippen LogP contribution in [0.4, 0.5) is 5.69 Å². The number of hydrogen-bond donors (Lipinski definition) is 1. The predicted molar refractivity (Wildman–Crippen MR) is 138 cm³/mol. The lowest BCUT2D eigenvalue weighted by Crippen LogP contribution is -2.38. The van der Waals surface area contributed by atoms with E-state index in [0.29, 0.717) is 35.8 Å². The molecule has 2 amide bonds. The van der Waals surface area contributed by atoms with Gasteiger partial charge in [-0.15, -0.1) is 0 Å². The number of amides is 2. The Hall–Kier alpha value is -3.30. The average Bonchev–Trinajstić information content (AvgIpc) is 2.86. The highest BCUT2D eigenvalue weighted by molar-refractivity contribution is 8.07. The minimum Gasteiger partial charge on any atom is -0.339 e. The number of carbonyl (C=O) groups is 2. The van der Waals surface area contributed by atoms with Crippen molar-refractivity contribution in [3.8, 4) is 6.07 Å². The van der Waals surface area contributed by atoms with Crippen LogP contribution in [0, 0.1) is 18.3 Å². The van der Waals surface area contributed by atoms with E-state index in [1.54, 1.807) is 6.07 Å². The smallest absolute Gasteiger partial charge is 0.262 e. The number of nitrogens with zero attached hydrogens (tertiary/aromatic N) is 2. The van der Waals surface area contributed by atoms with Crippen molar-refractivity contribution in [2.45, 2.75) is 46.0 Å². The number of aryl methyl sites for hydroxylation is 1. The number of benzene rings is 2. The molecule has 0 spiro atoms. The molecule has 2 heterocycles. The molecule has 6 heteroatoms. The summed E-state index contributed by atoms with van der Waals surface area (Å²) in [5.41, 5.74) is 5.14. The summed E-state index contributed by atoms with van der Waals surface area (Å²) in [6.07, 6.45) is 4.71. The molecule has 5 nitrogen and oxygen atoms in total. The lowest BCUT2D eigenvalue weighted by Gasteiger charge is -2.32. The third-order valence-electron chi connectivity index (χ3n) is 6.58. The summed E-state index contributed by atoms with van der Waals surface area (Å²) in [5.74, 6) is 0.271. The Bertz CT molecular complexity index is 1210. The first kappa shape index (κ1) is 23.8. The fraction of sp³-hybridized carbons (Fsp3) is 0.321. The van der Waals surface area contributed by atoms with Crippen LogP contribution in [0.3, 0.4) is 0 Å². The second-order valence-corrected chi connectivity index (χ2v) is 10.3. The van der Waals surface area contributed by atoms with Crippen molar-refractivity contribution in [1.29, 1.82) is 5.26 Å². The lowest BCUT2D eigenvalue weighted by atomic mass is 9.89. The summed E-state index contributed by atoms with van der Waals surface area (Å²) in [4.78, 5) is 29.9. The van der Waals surface area contributed by atoms with Gasteiger partial charge in [0.2, 0.25) is 0 Å². The van der Waals surface area contributed by atoms with E-state index in [1.165, 1.54) is 17.3 Å². The van der Waals surface area contributed by atoms with Crippen LogP contribution in [0.2, 0.25) is 0 Å². The van der Waals surface area contributed by atoms with Gasteiger partial charge in [0, 0.05) is 24.3 Å². The zero-order valence-electron chi connectivity index (χ0n) is 19.9. The quantitative estimate of drug-likeness (QED) is 0.581. The van der Waals surface area contributed by atoms with Gasteiger partial charge in [-0.2, -0.15) is 5.26 Å². The van der Waals surface area contributed by atoms with Gasteiger partial charge in [0.15, 0.2) is 0 Å². The van der Waals surface area contributed by atoms with E-state index < -0.39 is 0 Å². The first-order chi connectivity index (χ1) is 16.4. The standard InChI is InChI=1S/C28H29N3O2S/c1-18-5-9-24(16-25(18)30-27(32)26-19(2)4-6-20(3)34-26)28(33)31-14-12-23(13-15-31)22-10-7-21(17-29)8-11-22/h5-11,16,23H,4,12-15H2,1-3H3,(H,30,32). The number of anilines is 1. The van der Waals surface area contributed by atoms with Crippen LogP contribution in [-0.4, -0.2) is 29.8 Å². The van der Waals surface area contributed by atoms with Crippen molar-refractivity contribution in [1.82, 2.24) is 4.90 Å². The Morgan fingerprint density at radius 2 is 1.76 bits per heavy atom. The monoisotopic (exact) mass is 471 g/mol. The lowest BCUT2D eigenvalue weighted by molar-refractivity contribution is -0.112. The van der Waals surface area contributed by atoms with Gasteiger partial charge in [-0.05, 0) is 91.8 Å². The van der Waals surface area contributed by atoms with E-state index in [4.69, 9.17) is 5.26 Å². The topological polar surface area (TPSA) is 73.2 Å². The van der Waals surface area contributed by atoms with Crippen LogP contribution in [0.15, 0.2) is 63.9 Å². The minimum atomic E-state index is -0.120. The summed E-state index contributed by atoms with van der Waals surface area (Å²) in [5, 5.41) is 12.0. The van der Waals surface area contributed by atoms with Crippen LogP contribution < -0.4 is 5.32 Å². The molecule has 2 aliphatic rings. The molecule has 0 bridgehead atoms. The molecule has 0 radical (unpaired) electrons. The van der Waals surface area contributed by atoms with Crippen molar-refractivity contribution >= 4 is 29.3 Å². The maximum Gasteiger partial charge on any atom is 0.262 e. The Balaban J connectivity index is 1.42. The highest BCUT2D eigenvalue weighted by Crippen LogP contribution is 2.35. The largest absolute Gasteiger partial charge is 0.339 e. The number of hydrogen-bond acceptors (Lipinski definition) is 4. The molecule has 0 aliphatic carbocycles. The molecule has 0 atom stereocenters. The van der Waals surface area contributed by atoms with Gasteiger partial charge < -0.3 is 10.2 Å². The number of allylic oxidation sites excluding steroid dienone is 3. The van der Waals surface area contributed by atoms with Gasteiger partial charge in [0.25, 0.3) is 11.8 Å². The maximum atomic E-state index is 13.2. The van der Waals surface area contributed by atoms with Crippen LogP contribution in [0.5, 0.6) is 0 Å². The van der Waals surface area contributed by atoms with Gasteiger partial charge in [0.05, 0.1) is 16.5 Å². The second kappa shape index (κ2) is 10.3. The molecule has 2 aromatic rings. The molecule has 1 N–H and O–H groups in total. The average molecular weight is 472 g/mol. The SMILES string of the molecule is CC1=CCC(C)=C(C(=O)Nc2cc(C(=O)N3CCC(c4ccc(C#N)cc4)CC3)ccc2C)S1. The van der Waals surface area contributed by atoms with E-state index in [0.717, 1.165) is 40.2 Å². The van der Waals surface area contributed by atoms with Gasteiger partial charge in [-0.25, -0.2) is 0 Å². The molecular formula is C28H29N3O2S. The van der Waals surface area contributed by atoms with Gasteiger partial charge in [-0.1, -0.05) is 36.0 Å². The molecular weight excluding hydrogens is 442 g/mol. The highest BCUT2D eigenvalue weighted by Gasteiger charge is 2.25. The van der Waals surface area contributed by atoms with Crippen molar-refractivity contribution in [2.75, 3.05) is 18.4 Å². The van der Waals surface area contributed by atoms with E-state index >= 15 is 0 Å². The molecule has 4 rings (SSSR count). The number of nitriles is 1. The van der Waals surface area contributed by atoms with E-state index in [-0.39, 0.29) is 11.8 Å².